The van der Waals surface area contributed by atoms with Crippen molar-refractivity contribution < 1.29 is 9.72 Å². The first-order chi connectivity index (χ1) is 9.06. The SMILES string of the molecule is C=CCSCCNC(=O)c1cc([N+](=O)[O-])cnc1Cl. The third kappa shape index (κ3) is 4.88. The molecule has 1 amide bonds. The van der Waals surface area contributed by atoms with Gasteiger partial charge in [-0.3, -0.25) is 14.9 Å². The van der Waals surface area contributed by atoms with E-state index >= 15 is 0 Å². The molecule has 0 fully saturated rings. The Morgan fingerprint density at radius 1 is 1.68 bits per heavy atom. The van der Waals surface area contributed by atoms with Crippen LogP contribution < -0.4 is 5.32 Å². The van der Waals surface area contributed by atoms with Crippen molar-refractivity contribution in [1.82, 2.24) is 10.3 Å². The van der Waals surface area contributed by atoms with E-state index in [2.05, 4.69) is 16.9 Å². The Balaban J connectivity index is 2.63. The molecule has 8 heteroatoms. The van der Waals surface area contributed by atoms with Crippen LogP contribution in [0.4, 0.5) is 5.69 Å². The molecule has 0 unspecified atom stereocenters. The van der Waals surface area contributed by atoms with Crippen LogP contribution in [0, 0.1) is 10.1 Å². The number of nitrogens with zero attached hydrogens (tertiary/aromatic N) is 2. The number of nitro groups is 1. The highest BCUT2D eigenvalue weighted by Crippen LogP contribution is 2.18. The number of carbonyl (C=O) groups is 1. The molecule has 1 N–H and O–H groups in total. The number of hydrogen-bond acceptors (Lipinski definition) is 5. The average Bonchev–Trinajstić information content (AvgIpc) is 2.38. The summed E-state index contributed by atoms with van der Waals surface area (Å²) in [6.45, 7) is 4.02. The summed E-state index contributed by atoms with van der Waals surface area (Å²) in [6, 6.07) is 1.11. The van der Waals surface area contributed by atoms with Crippen LogP contribution in [0.25, 0.3) is 0 Å². The third-order valence-corrected chi connectivity index (χ3v) is 3.31. The van der Waals surface area contributed by atoms with Gasteiger partial charge < -0.3 is 5.32 Å². The predicted molar refractivity (Wildman–Crippen MR) is 75.8 cm³/mol. The Morgan fingerprint density at radius 3 is 3.05 bits per heavy atom. The molecule has 0 aliphatic carbocycles. The Morgan fingerprint density at radius 2 is 2.42 bits per heavy atom. The van der Waals surface area contributed by atoms with E-state index in [0.29, 0.717) is 6.54 Å². The van der Waals surface area contributed by atoms with Gasteiger partial charge in [0.15, 0.2) is 0 Å². The first-order valence-electron chi connectivity index (χ1n) is 5.33. The summed E-state index contributed by atoms with van der Waals surface area (Å²) in [6.07, 6.45) is 2.78. The number of pyridine rings is 1. The number of halogens is 1. The number of thioether (sulfide) groups is 1. The van der Waals surface area contributed by atoms with Crippen LogP contribution in [0.2, 0.25) is 5.15 Å². The van der Waals surface area contributed by atoms with E-state index in [4.69, 9.17) is 11.6 Å². The van der Waals surface area contributed by atoms with Crippen LogP contribution in [0.1, 0.15) is 10.4 Å². The first kappa shape index (κ1) is 15.5. The number of amides is 1. The molecule has 0 aliphatic heterocycles. The van der Waals surface area contributed by atoms with Gasteiger partial charge in [0, 0.05) is 24.1 Å². The topological polar surface area (TPSA) is 85.1 Å². The maximum Gasteiger partial charge on any atom is 0.288 e. The molecule has 1 rings (SSSR count). The molecule has 0 aromatic carbocycles. The van der Waals surface area contributed by atoms with Crippen molar-refractivity contribution in [1.29, 1.82) is 0 Å². The lowest BCUT2D eigenvalue weighted by Crippen LogP contribution is -2.26. The molecule has 0 aliphatic rings. The predicted octanol–water partition coefficient (Wildman–Crippen LogP) is 2.29. The largest absolute Gasteiger partial charge is 0.351 e. The summed E-state index contributed by atoms with van der Waals surface area (Å²) in [5.74, 6) is 1.05. The van der Waals surface area contributed by atoms with E-state index in [1.165, 1.54) is 0 Å². The Hall–Kier alpha value is -1.60. The van der Waals surface area contributed by atoms with Crippen molar-refractivity contribution in [3.63, 3.8) is 0 Å². The number of rotatable bonds is 7. The molecular weight excluding hydrogens is 290 g/mol. The summed E-state index contributed by atoms with van der Waals surface area (Å²) in [5, 5.41) is 13.2. The molecule has 0 saturated carbocycles. The van der Waals surface area contributed by atoms with Gasteiger partial charge in [-0.2, -0.15) is 11.8 Å². The molecule has 0 spiro atoms. The van der Waals surface area contributed by atoms with Gasteiger partial charge >= 0.3 is 0 Å². The average molecular weight is 302 g/mol. The minimum absolute atomic E-state index is 0.00425. The summed E-state index contributed by atoms with van der Waals surface area (Å²) in [7, 11) is 0. The van der Waals surface area contributed by atoms with Crippen LogP contribution in [0.15, 0.2) is 24.9 Å². The fraction of sp³-hybridized carbons (Fsp3) is 0.273. The van der Waals surface area contributed by atoms with Crippen molar-refractivity contribution in [2.45, 2.75) is 0 Å². The zero-order valence-electron chi connectivity index (χ0n) is 9.97. The van der Waals surface area contributed by atoms with Crippen molar-refractivity contribution >= 4 is 35.0 Å². The highest BCUT2D eigenvalue weighted by molar-refractivity contribution is 7.99. The Kier molecular flexibility index (Phi) is 6.31. The van der Waals surface area contributed by atoms with Crippen LogP contribution in [0.5, 0.6) is 0 Å². The number of aromatic nitrogens is 1. The van der Waals surface area contributed by atoms with E-state index in [1.54, 1.807) is 17.8 Å². The zero-order valence-corrected chi connectivity index (χ0v) is 11.5. The lowest BCUT2D eigenvalue weighted by Gasteiger charge is -2.05. The van der Waals surface area contributed by atoms with E-state index in [-0.39, 0.29) is 16.4 Å². The summed E-state index contributed by atoms with van der Waals surface area (Å²) < 4.78 is 0. The third-order valence-electron chi connectivity index (χ3n) is 2.05. The highest BCUT2D eigenvalue weighted by atomic mass is 35.5. The fourth-order valence-electron chi connectivity index (χ4n) is 1.19. The fourth-order valence-corrected chi connectivity index (χ4v) is 1.96. The molecule has 1 aromatic rings. The zero-order chi connectivity index (χ0) is 14.3. The lowest BCUT2D eigenvalue weighted by atomic mass is 10.2. The van der Waals surface area contributed by atoms with E-state index < -0.39 is 10.8 Å². The van der Waals surface area contributed by atoms with Crippen LogP contribution in [-0.2, 0) is 0 Å². The van der Waals surface area contributed by atoms with Crippen LogP contribution in [-0.4, -0.2) is 33.9 Å². The van der Waals surface area contributed by atoms with Crippen molar-refractivity contribution in [2.24, 2.45) is 0 Å². The van der Waals surface area contributed by atoms with Gasteiger partial charge in [0.05, 0.1) is 10.5 Å². The number of hydrogen-bond donors (Lipinski definition) is 1. The normalized spacial score (nSPS) is 9.95. The van der Waals surface area contributed by atoms with E-state index in [9.17, 15) is 14.9 Å². The van der Waals surface area contributed by atoms with E-state index in [0.717, 1.165) is 23.8 Å². The minimum Gasteiger partial charge on any atom is -0.351 e. The van der Waals surface area contributed by atoms with Gasteiger partial charge in [-0.05, 0) is 0 Å². The van der Waals surface area contributed by atoms with Gasteiger partial charge in [0.1, 0.15) is 11.3 Å². The molecule has 0 atom stereocenters. The number of carbonyl (C=O) groups excluding carboxylic acids is 1. The van der Waals surface area contributed by atoms with Gasteiger partial charge in [0.25, 0.3) is 11.6 Å². The molecule has 6 nitrogen and oxygen atoms in total. The first-order valence-corrected chi connectivity index (χ1v) is 6.86. The maximum absolute atomic E-state index is 11.8. The second-order valence-electron chi connectivity index (χ2n) is 3.41. The Labute approximate surface area is 119 Å². The Bertz CT molecular complexity index is 496. The monoisotopic (exact) mass is 301 g/mol. The van der Waals surface area contributed by atoms with Crippen LogP contribution in [0.3, 0.4) is 0 Å². The van der Waals surface area contributed by atoms with Gasteiger partial charge in [-0.1, -0.05) is 17.7 Å². The lowest BCUT2D eigenvalue weighted by molar-refractivity contribution is -0.385. The molecule has 0 bridgehead atoms. The van der Waals surface area contributed by atoms with Gasteiger partial charge in [-0.15, -0.1) is 6.58 Å². The molecule has 0 saturated heterocycles. The maximum atomic E-state index is 11.8. The quantitative estimate of drug-likeness (QED) is 0.274. The molecule has 1 heterocycles. The molecule has 102 valence electrons. The number of nitrogens with one attached hydrogen (secondary N) is 1. The smallest absolute Gasteiger partial charge is 0.288 e. The van der Waals surface area contributed by atoms with Crippen molar-refractivity contribution in [2.75, 3.05) is 18.1 Å². The highest BCUT2D eigenvalue weighted by Gasteiger charge is 2.16. The second kappa shape index (κ2) is 7.75. The molecule has 1 aromatic heterocycles. The van der Waals surface area contributed by atoms with Gasteiger partial charge in [-0.25, -0.2) is 4.98 Å². The second-order valence-corrected chi connectivity index (χ2v) is 4.92. The van der Waals surface area contributed by atoms with Crippen molar-refractivity contribution in [3.8, 4) is 0 Å². The minimum atomic E-state index is -0.625. The molecule has 19 heavy (non-hydrogen) atoms. The van der Waals surface area contributed by atoms with E-state index in [1.807, 2.05) is 0 Å². The van der Waals surface area contributed by atoms with Crippen LogP contribution >= 0.6 is 23.4 Å². The summed E-state index contributed by atoms with van der Waals surface area (Å²) in [4.78, 5) is 25.4. The summed E-state index contributed by atoms with van der Waals surface area (Å²) in [5.41, 5.74) is -0.264. The summed E-state index contributed by atoms with van der Waals surface area (Å²) >= 11 is 7.36. The van der Waals surface area contributed by atoms with Gasteiger partial charge in [0.2, 0.25) is 0 Å². The molecular formula is C11H12ClN3O3S. The molecule has 0 radical (unpaired) electrons. The van der Waals surface area contributed by atoms with Crippen molar-refractivity contribution in [3.05, 3.63) is 45.7 Å². The standard InChI is InChI=1S/C11H12ClN3O3S/c1-2-4-19-5-3-13-11(16)9-6-8(15(17)18)7-14-10(9)12/h2,6-7H,1,3-5H2,(H,13,16).